The zero-order valence-corrected chi connectivity index (χ0v) is 10.8. The van der Waals surface area contributed by atoms with Gasteiger partial charge in [-0.1, -0.05) is 6.92 Å². The first kappa shape index (κ1) is 14.0. The van der Waals surface area contributed by atoms with Crippen LogP contribution in [0.4, 0.5) is 4.79 Å². The standard InChI is InChI=1S/C12H19N3O4/c1-2-9(17)12(13)5-6-15(11(18)14-12)10-4-3-8(7-16)19-10/h5-6,8,10,16H,2-4,7,13H2,1H3,(H,14,18)/t8-,10+,12?/m0/s1. The molecule has 1 saturated heterocycles. The highest BCUT2D eigenvalue weighted by Crippen LogP contribution is 2.25. The van der Waals surface area contributed by atoms with Crippen molar-refractivity contribution >= 4 is 11.8 Å². The Morgan fingerprint density at radius 1 is 1.68 bits per heavy atom. The normalized spacial score (nSPS) is 34.5. The van der Waals surface area contributed by atoms with Crippen LogP contribution < -0.4 is 11.1 Å². The molecule has 7 heteroatoms. The summed E-state index contributed by atoms with van der Waals surface area (Å²) in [6, 6.07) is -0.463. The Hall–Kier alpha value is -1.44. The molecule has 2 heterocycles. The van der Waals surface area contributed by atoms with E-state index in [0.717, 1.165) is 0 Å². The molecule has 2 aliphatic rings. The highest BCUT2D eigenvalue weighted by atomic mass is 16.5. The minimum absolute atomic E-state index is 0.0647. The Kier molecular flexibility index (Phi) is 3.88. The van der Waals surface area contributed by atoms with Gasteiger partial charge in [0, 0.05) is 12.6 Å². The average Bonchev–Trinajstić information content (AvgIpc) is 2.86. The first-order valence-corrected chi connectivity index (χ1v) is 6.38. The molecule has 0 saturated carbocycles. The van der Waals surface area contributed by atoms with Crippen molar-refractivity contribution < 1.29 is 19.4 Å². The molecule has 0 aliphatic carbocycles. The Morgan fingerprint density at radius 3 is 2.95 bits per heavy atom. The molecule has 1 unspecified atom stereocenters. The molecule has 0 radical (unpaired) electrons. The van der Waals surface area contributed by atoms with Gasteiger partial charge >= 0.3 is 6.03 Å². The van der Waals surface area contributed by atoms with E-state index in [1.165, 1.54) is 17.2 Å². The van der Waals surface area contributed by atoms with Crippen molar-refractivity contribution in [3.05, 3.63) is 12.3 Å². The van der Waals surface area contributed by atoms with E-state index in [1.54, 1.807) is 6.92 Å². The van der Waals surface area contributed by atoms with Crippen molar-refractivity contribution in [3.8, 4) is 0 Å². The second-order valence-electron chi connectivity index (χ2n) is 4.77. The second-order valence-corrected chi connectivity index (χ2v) is 4.77. The maximum atomic E-state index is 12.0. The van der Waals surface area contributed by atoms with Gasteiger partial charge in [-0.3, -0.25) is 15.4 Å². The summed E-state index contributed by atoms with van der Waals surface area (Å²) in [5, 5.41) is 11.5. The molecule has 0 aromatic heterocycles. The Balaban J connectivity index is 2.09. The van der Waals surface area contributed by atoms with Crippen LogP contribution >= 0.6 is 0 Å². The number of ether oxygens (including phenoxy) is 1. The number of ketones is 1. The summed E-state index contributed by atoms with van der Waals surface area (Å²) in [6.07, 6.45) is 3.87. The van der Waals surface area contributed by atoms with Crippen LogP contribution in [0.25, 0.3) is 0 Å². The number of nitrogens with two attached hydrogens (primary N) is 1. The molecule has 2 rings (SSSR count). The maximum Gasteiger partial charge on any atom is 0.325 e. The van der Waals surface area contributed by atoms with E-state index in [4.69, 9.17) is 15.6 Å². The van der Waals surface area contributed by atoms with Gasteiger partial charge in [-0.25, -0.2) is 4.79 Å². The number of aliphatic hydroxyl groups is 1. The largest absolute Gasteiger partial charge is 0.394 e. The first-order valence-electron chi connectivity index (χ1n) is 6.38. The molecule has 0 spiro atoms. The number of nitrogens with zero attached hydrogens (tertiary/aromatic N) is 1. The predicted octanol–water partition coefficient (Wildman–Crippen LogP) is -0.343. The lowest BCUT2D eigenvalue weighted by Crippen LogP contribution is -2.65. The Bertz CT molecular complexity index is 412. The van der Waals surface area contributed by atoms with Crippen LogP contribution in [0.2, 0.25) is 0 Å². The fraction of sp³-hybridized carbons (Fsp3) is 0.667. The summed E-state index contributed by atoms with van der Waals surface area (Å²) in [6.45, 7) is 1.63. The van der Waals surface area contributed by atoms with Gasteiger partial charge in [0.1, 0.15) is 6.23 Å². The van der Waals surface area contributed by atoms with Crippen LogP contribution in [0.15, 0.2) is 12.3 Å². The summed E-state index contributed by atoms with van der Waals surface area (Å²) in [7, 11) is 0. The molecule has 2 aliphatic heterocycles. The third-order valence-corrected chi connectivity index (χ3v) is 3.43. The van der Waals surface area contributed by atoms with Crippen LogP contribution in [-0.2, 0) is 9.53 Å². The van der Waals surface area contributed by atoms with Gasteiger partial charge in [0.05, 0.1) is 12.7 Å². The van der Waals surface area contributed by atoms with Crippen LogP contribution in [0.5, 0.6) is 0 Å². The van der Waals surface area contributed by atoms with Gasteiger partial charge in [0.15, 0.2) is 11.4 Å². The van der Waals surface area contributed by atoms with Gasteiger partial charge in [-0.15, -0.1) is 0 Å². The lowest BCUT2D eigenvalue weighted by atomic mass is 10.0. The van der Waals surface area contributed by atoms with Crippen LogP contribution in [0, 0.1) is 0 Å². The fourth-order valence-electron chi connectivity index (χ4n) is 2.26. The number of urea groups is 1. The number of amides is 2. The van der Waals surface area contributed by atoms with Gasteiger partial charge in [-0.2, -0.15) is 0 Å². The van der Waals surface area contributed by atoms with E-state index in [-0.39, 0.29) is 24.9 Å². The van der Waals surface area contributed by atoms with E-state index >= 15 is 0 Å². The van der Waals surface area contributed by atoms with E-state index < -0.39 is 17.9 Å². The topological polar surface area (TPSA) is 105 Å². The van der Waals surface area contributed by atoms with Crippen molar-refractivity contribution in [2.24, 2.45) is 5.73 Å². The highest BCUT2D eigenvalue weighted by Gasteiger charge is 2.40. The van der Waals surface area contributed by atoms with E-state index in [0.29, 0.717) is 12.8 Å². The number of rotatable bonds is 4. The van der Waals surface area contributed by atoms with Crippen molar-refractivity contribution in [1.29, 1.82) is 0 Å². The van der Waals surface area contributed by atoms with Crippen molar-refractivity contribution in [1.82, 2.24) is 10.2 Å². The number of hydrogen-bond acceptors (Lipinski definition) is 5. The minimum Gasteiger partial charge on any atom is -0.394 e. The lowest BCUT2D eigenvalue weighted by Gasteiger charge is -2.35. The molecule has 0 aromatic rings. The van der Waals surface area contributed by atoms with Crippen molar-refractivity contribution in [2.45, 2.75) is 44.2 Å². The zero-order valence-electron chi connectivity index (χ0n) is 10.8. The van der Waals surface area contributed by atoms with Gasteiger partial charge in [-0.05, 0) is 18.9 Å². The van der Waals surface area contributed by atoms with Crippen LogP contribution in [0.1, 0.15) is 26.2 Å². The molecule has 7 nitrogen and oxygen atoms in total. The van der Waals surface area contributed by atoms with E-state index in [2.05, 4.69) is 5.32 Å². The van der Waals surface area contributed by atoms with E-state index in [9.17, 15) is 9.59 Å². The summed E-state index contributed by atoms with van der Waals surface area (Å²) in [5.41, 5.74) is 4.41. The fourth-order valence-corrected chi connectivity index (χ4v) is 2.26. The summed E-state index contributed by atoms with van der Waals surface area (Å²) in [4.78, 5) is 25.1. The predicted molar refractivity (Wildman–Crippen MR) is 66.7 cm³/mol. The number of aliphatic hydroxyl groups excluding tert-OH is 1. The smallest absolute Gasteiger partial charge is 0.325 e. The zero-order chi connectivity index (χ0) is 14.0. The third-order valence-electron chi connectivity index (χ3n) is 3.43. The molecule has 106 valence electrons. The van der Waals surface area contributed by atoms with Gasteiger partial charge in [0.25, 0.3) is 0 Å². The highest BCUT2D eigenvalue weighted by molar-refractivity contribution is 5.95. The van der Waals surface area contributed by atoms with Gasteiger partial charge in [0.2, 0.25) is 0 Å². The van der Waals surface area contributed by atoms with Crippen LogP contribution in [0.3, 0.4) is 0 Å². The van der Waals surface area contributed by atoms with Gasteiger partial charge < -0.3 is 15.2 Å². The maximum absolute atomic E-state index is 12.0. The molecule has 0 bridgehead atoms. The lowest BCUT2D eigenvalue weighted by molar-refractivity contribution is -0.123. The first-order chi connectivity index (χ1) is 9.00. The van der Waals surface area contributed by atoms with Crippen molar-refractivity contribution in [3.63, 3.8) is 0 Å². The number of carbonyl (C=O) groups is 2. The second kappa shape index (κ2) is 5.28. The third kappa shape index (κ3) is 2.63. The molecule has 1 fully saturated rings. The number of carbonyl (C=O) groups excluding carboxylic acids is 2. The van der Waals surface area contributed by atoms with Crippen LogP contribution in [-0.4, -0.2) is 46.4 Å². The summed E-state index contributed by atoms with van der Waals surface area (Å²) in [5.74, 6) is -0.252. The number of hydrogen-bond donors (Lipinski definition) is 3. The molecular weight excluding hydrogens is 250 g/mol. The molecular formula is C12H19N3O4. The van der Waals surface area contributed by atoms with Crippen molar-refractivity contribution in [2.75, 3.05) is 6.61 Å². The SMILES string of the molecule is CCC(=O)C1(N)C=CN([C@H]2CC[C@@H](CO)O2)C(=O)N1. The summed E-state index contributed by atoms with van der Waals surface area (Å²) < 4.78 is 5.51. The summed E-state index contributed by atoms with van der Waals surface area (Å²) >= 11 is 0. The molecule has 4 N–H and O–H groups in total. The average molecular weight is 269 g/mol. The number of nitrogens with one attached hydrogen (secondary N) is 1. The van der Waals surface area contributed by atoms with E-state index in [1.807, 2.05) is 0 Å². The monoisotopic (exact) mass is 269 g/mol. The Labute approximate surface area is 111 Å². The number of Topliss-reactive ketones (excluding diaryl/α,β-unsaturated/α-hetero) is 1. The molecule has 3 atom stereocenters. The molecule has 2 amide bonds. The molecule has 19 heavy (non-hydrogen) atoms. The quantitative estimate of drug-likeness (QED) is 0.647. The Morgan fingerprint density at radius 2 is 2.42 bits per heavy atom. The molecule has 0 aromatic carbocycles. The minimum atomic E-state index is -1.43.